The van der Waals surface area contributed by atoms with Gasteiger partial charge in [0.15, 0.2) is 0 Å². The van der Waals surface area contributed by atoms with Gasteiger partial charge in [0.2, 0.25) is 0 Å². The summed E-state index contributed by atoms with van der Waals surface area (Å²) >= 11 is 0. The molecule has 33 heavy (non-hydrogen) atoms. The Balaban J connectivity index is 2.30. The summed E-state index contributed by atoms with van der Waals surface area (Å²) in [4.78, 5) is 12.2. The fraction of sp³-hybridized carbons (Fsp3) is 0.448. The molecule has 0 saturated heterocycles. The van der Waals surface area contributed by atoms with Gasteiger partial charge in [-0.05, 0) is 58.9 Å². The van der Waals surface area contributed by atoms with Gasteiger partial charge in [-0.3, -0.25) is 0 Å². The Morgan fingerprint density at radius 1 is 0.667 bits per heavy atom. The Morgan fingerprint density at radius 3 is 1.33 bits per heavy atom. The highest BCUT2D eigenvalue weighted by Gasteiger charge is 2.40. The molecule has 0 aromatic heterocycles. The zero-order chi connectivity index (χ0) is 24.6. The summed E-state index contributed by atoms with van der Waals surface area (Å²) in [6.45, 7) is 24.3. The summed E-state index contributed by atoms with van der Waals surface area (Å²) in [5.41, 5.74) is 9.28. The maximum atomic E-state index is 12.2. The number of nitrogens with zero attached hydrogens (tertiary/aromatic N) is 2. The second-order valence-electron chi connectivity index (χ2n) is 10.4. The first-order chi connectivity index (χ1) is 15.5. The maximum Gasteiger partial charge on any atom is 0.488 e. The van der Waals surface area contributed by atoms with E-state index in [0.29, 0.717) is 23.7 Å². The molecule has 3 rings (SSSR count). The molecular weight excluding hydrogens is 420 g/mol. The molecule has 1 N–H and O–H groups in total. The van der Waals surface area contributed by atoms with Gasteiger partial charge >= 0.3 is 9.36 Å². The molecule has 2 aromatic carbocycles. The summed E-state index contributed by atoms with van der Waals surface area (Å²) in [7, 11) is -2.19. The van der Waals surface area contributed by atoms with E-state index in [4.69, 9.17) is 0 Å². The zero-order valence-electron chi connectivity index (χ0n) is 21.9. The molecular formula is C29H41N2OSi. The Morgan fingerprint density at radius 2 is 1.00 bits per heavy atom. The minimum atomic E-state index is -2.19. The van der Waals surface area contributed by atoms with Crippen LogP contribution in [0.2, 0.25) is 0 Å². The van der Waals surface area contributed by atoms with E-state index in [9.17, 15) is 4.80 Å². The number of hydrogen-bond donors (Lipinski definition) is 1. The largest absolute Gasteiger partial charge is 0.488 e. The summed E-state index contributed by atoms with van der Waals surface area (Å²) in [5.74, 6) is 1.40. The van der Waals surface area contributed by atoms with Gasteiger partial charge < -0.3 is 13.9 Å². The first-order valence-corrected chi connectivity index (χ1v) is 13.6. The van der Waals surface area contributed by atoms with Crippen LogP contribution in [-0.4, -0.2) is 14.2 Å². The predicted octanol–water partition coefficient (Wildman–Crippen LogP) is 7.90. The lowest BCUT2D eigenvalue weighted by atomic mass is 9.92. The normalized spacial score (nSPS) is 15.5. The molecule has 4 heteroatoms. The van der Waals surface area contributed by atoms with Crippen molar-refractivity contribution in [3.63, 3.8) is 0 Å². The van der Waals surface area contributed by atoms with Crippen molar-refractivity contribution < 1.29 is 4.80 Å². The van der Waals surface area contributed by atoms with Crippen molar-refractivity contribution in [2.75, 3.05) is 9.13 Å². The molecule has 1 aliphatic heterocycles. The number of hydrogen-bond acceptors (Lipinski definition) is 3. The quantitative estimate of drug-likeness (QED) is 0.443. The molecule has 0 fully saturated rings. The summed E-state index contributed by atoms with van der Waals surface area (Å²) in [6, 6.07) is 13.1. The van der Waals surface area contributed by atoms with E-state index in [1.54, 1.807) is 0 Å². The van der Waals surface area contributed by atoms with Crippen molar-refractivity contribution in [3.8, 4) is 0 Å². The van der Waals surface area contributed by atoms with Crippen molar-refractivity contribution in [1.29, 1.82) is 0 Å². The number of anilines is 2. The van der Waals surface area contributed by atoms with Crippen LogP contribution in [0.4, 0.5) is 11.4 Å². The minimum Gasteiger partial charge on any atom is -0.397 e. The molecule has 0 aliphatic carbocycles. The van der Waals surface area contributed by atoms with Crippen molar-refractivity contribution in [2.45, 2.75) is 86.0 Å². The van der Waals surface area contributed by atoms with Crippen LogP contribution in [0, 0.1) is 0 Å². The van der Waals surface area contributed by atoms with E-state index in [1.807, 2.05) is 0 Å². The lowest BCUT2D eigenvalue weighted by Gasteiger charge is -2.44. The van der Waals surface area contributed by atoms with Crippen LogP contribution >= 0.6 is 0 Å². The summed E-state index contributed by atoms with van der Waals surface area (Å²) < 4.78 is 4.36. The van der Waals surface area contributed by atoms with Crippen LogP contribution in [-0.2, 0) is 0 Å². The number of para-hydroxylation sites is 2. The molecule has 177 valence electrons. The monoisotopic (exact) mass is 461 g/mol. The number of benzene rings is 2. The predicted molar refractivity (Wildman–Crippen MR) is 145 cm³/mol. The van der Waals surface area contributed by atoms with Crippen LogP contribution in [0.3, 0.4) is 0 Å². The van der Waals surface area contributed by atoms with Crippen molar-refractivity contribution in [2.24, 2.45) is 0 Å². The van der Waals surface area contributed by atoms with Crippen molar-refractivity contribution in [1.82, 2.24) is 0 Å². The first-order valence-electron chi connectivity index (χ1n) is 12.3. The molecule has 0 spiro atoms. The number of rotatable bonds is 6. The molecule has 0 saturated carbocycles. The first kappa shape index (κ1) is 25.3. The minimum absolute atomic E-state index is 0.343. The molecule has 3 nitrogen and oxygen atoms in total. The fourth-order valence-electron chi connectivity index (χ4n) is 4.82. The molecule has 0 amide bonds. The van der Waals surface area contributed by atoms with Gasteiger partial charge in [-0.15, -0.1) is 0 Å². The van der Waals surface area contributed by atoms with Gasteiger partial charge in [0, 0.05) is 22.8 Å². The van der Waals surface area contributed by atoms with Crippen molar-refractivity contribution >= 4 is 20.7 Å². The third kappa shape index (κ3) is 4.69. The van der Waals surface area contributed by atoms with Gasteiger partial charge in [-0.1, -0.05) is 98.4 Å². The smallest absolute Gasteiger partial charge is 0.397 e. The standard InChI is InChI=1S/C29H41N2OSi/c1-18(2)24-13-11-14-25(19(3)4)28(24)30-22(9)17-23(10)31(33(30)32)29-26(20(5)6)15-12-16-27(29)21(7)8/h11-21,32H,9H2,1-8,10H3. The highest BCUT2D eigenvalue weighted by Crippen LogP contribution is 2.43. The van der Waals surface area contributed by atoms with Gasteiger partial charge in [0.25, 0.3) is 0 Å². The van der Waals surface area contributed by atoms with Gasteiger partial charge in [0.1, 0.15) is 0 Å². The lowest BCUT2D eigenvalue weighted by Crippen LogP contribution is -2.56. The average Bonchev–Trinajstić information content (AvgIpc) is 2.72. The Kier molecular flexibility index (Phi) is 7.60. The molecule has 1 heterocycles. The topological polar surface area (TPSA) is 26.7 Å². The molecule has 0 atom stereocenters. The Bertz CT molecular complexity index is 999. The maximum absolute atomic E-state index is 12.2. The van der Waals surface area contributed by atoms with E-state index >= 15 is 0 Å². The summed E-state index contributed by atoms with van der Waals surface area (Å²) in [6.07, 6.45) is 2.13. The molecule has 1 aliphatic rings. The highest BCUT2D eigenvalue weighted by molar-refractivity contribution is 6.62. The second kappa shape index (κ2) is 9.90. The summed E-state index contributed by atoms with van der Waals surface area (Å²) in [5, 5.41) is 0. The van der Waals surface area contributed by atoms with Gasteiger partial charge in [-0.25, -0.2) is 0 Å². The fourth-order valence-corrected chi connectivity index (χ4v) is 6.63. The Labute approximate surface area is 203 Å². The lowest BCUT2D eigenvalue weighted by molar-refractivity contribution is 0.560. The van der Waals surface area contributed by atoms with E-state index in [2.05, 4.69) is 120 Å². The van der Waals surface area contributed by atoms with Crippen molar-refractivity contribution in [3.05, 3.63) is 82.7 Å². The molecule has 2 aromatic rings. The third-order valence-electron chi connectivity index (χ3n) is 6.55. The SMILES string of the molecule is C=C1C=C(C)N(c2c(C(C)C)cccc2C(C)C)[Si](O)N1c1c(C(C)C)cccc1C(C)C. The van der Waals surface area contributed by atoms with Crippen LogP contribution in [0.15, 0.2) is 60.4 Å². The van der Waals surface area contributed by atoms with E-state index < -0.39 is 9.36 Å². The second-order valence-corrected chi connectivity index (χ2v) is 11.9. The Hall–Kier alpha value is -2.30. The van der Waals surface area contributed by atoms with Crippen LogP contribution < -0.4 is 9.13 Å². The van der Waals surface area contributed by atoms with Gasteiger partial charge in [-0.2, -0.15) is 0 Å². The zero-order valence-corrected chi connectivity index (χ0v) is 22.9. The molecule has 0 unspecified atom stereocenters. The van der Waals surface area contributed by atoms with E-state index in [0.717, 1.165) is 17.1 Å². The van der Waals surface area contributed by atoms with Crippen LogP contribution in [0.5, 0.6) is 0 Å². The van der Waals surface area contributed by atoms with E-state index in [-0.39, 0.29) is 0 Å². The van der Waals surface area contributed by atoms with Crippen LogP contribution in [0.1, 0.15) is 108 Å². The van der Waals surface area contributed by atoms with E-state index in [1.165, 1.54) is 27.9 Å². The third-order valence-corrected chi connectivity index (χ3v) is 8.43. The van der Waals surface area contributed by atoms with Crippen LogP contribution in [0.25, 0.3) is 0 Å². The number of allylic oxidation sites excluding steroid dienone is 2. The highest BCUT2D eigenvalue weighted by atomic mass is 28.3. The molecule has 0 bridgehead atoms. The average molecular weight is 462 g/mol. The van der Waals surface area contributed by atoms with Gasteiger partial charge in [0.05, 0.1) is 0 Å². The molecule has 1 radical (unpaired) electrons.